The van der Waals surface area contributed by atoms with Crippen molar-refractivity contribution in [1.82, 2.24) is 4.90 Å². The highest BCUT2D eigenvalue weighted by Gasteiger charge is 2.38. The molecule has 1 fully saturated rings. The van der Waals surface area contributed by atoms with E-state index in [2.05, 4.69) is 0 Å². The molecule has 1 unspecified atom stereocenters. The molecule has 0 radical (unpaired) electrons. The van der Waals surface area contributed by atoms with Crippen molar-refractivity contribution in [3.05, 3.63) is 56.1 Å². The summed E-state index contributed by atoms with van der Waals surface area (Å²) in [5, 5.41) is 20.1. The molecule has 1 N–H and O–H groups in total. The van der Waals surface area contributed by atoms with Gasteiger partial charge < -0.3 is 9.52 Å². The first-order chi connectivity index (χ1) is 13.2. The molecule has 0 saturated carbocycles. The Balaban J connectivity index is 1.87. The van der Waals surface area contributed by atoms with Crippen LogP contribution in [0.25, 0.3) is 17.4 Å². The highest BCUT2D eigenvalue weighted by Crippen LogP contribution is 2.36. The number of halogens is 1. The summed E-state index contributed by atoms with van der Waals surface area (Å²) in [4.78, 5) is 35.1. The Labute approximate surface area is 172 Å². The van der Waals surface area contributed by atoms with Gasteiger partial charge in [0.1, 0.15) is 21.9 Å². The third-order valence-electron chi connectivity index (χ3n) is 3.90. The number of nitro benzene ring substituents is 1. The fourth-order valence-corrected chi connectivity index (χ4v) is 4.11. The summed E-state index contributed by atoms with van der Waals surface area (Å²) in [6.07, 6.45) is 1.46. The smallest absolute Gasteiger partial charge is 0.326 e. The lowest BCUT2D eigenvalue weighted by Gasteiger charge is -2.18. The zero-order valence-electron chi connectivity index (χ0n) is 14.1. The van der Waals surface area contributed by atoms with Crippen molar-refractivity contribution in [1.29, 1.82) is 0 Å². The number of hydrogen-bond acceptors (Lipinski definition) is 7. The number of hydrogen-bond donors (Lipinski definition) is 1. The number of thioether (sulfide) groups is 1. The Hall–Kier alpha value is -2.69. The number of nitro groups is 1. The summed E-state index contributed by atoms with van der Waals surface area (Å²) in [5.74, 6) is -0.990. The van der Waals surface area contributed by atoms with Gasteiger partial charge in [-0.05, 0) is 25.1 Å². The van der Waals surface area contributed by atoms with Gasteiger partial charge in [0.05, 0.1) is 14.9 Å². The van der Waals surface area contributed by atoms with E-state index >= 15 is 0 Å². The molecule has 1 saturated heterocycles. The van der Waals surface area contributed by atoms with Crippen molar-refractivity contribution in [3.63, 3.8) is 0 Å². The molecule has 2 aromatic rings. The summed E-state index contributed by atoms with van der Waals surface area (Å²) in [7, 11) is 0. The third-order valence-corrected chi connectivity index (χ3v) is 5.54. The molecule has 0 bridgehead atoms. The average Bonchev–Trinajstić information content (AvgIpc) is 3.19. The van der Waals surface area contributed by atoms with Crippen molar-refractivity contribution in [3.8, 4) is 11.3 Å². The van der Waals surface area contributed by atoms with Gasteiger partial charge in [0, 0.05) is 23.8 Å². The average molecular weight is 439 g/mol. The zero-order chi connectivity index (χ0) is 20.6. The highest BCUT2D eigenvalue weighted by molar-refractivity contribution is 8.26. The van der Waals surface area contributed by atoms with Crippen LogP contribution in [0, 0.1) is 10.1 Å². The molecule has 0 spiro atoms. The maximum atomic E-state index is 12.5. The van der Waals surface area contributed by atoms with Crippen LogP contribution in [0.5, 0.6) is 0 Å². The zero-order valence-corrected chi connectivity index (χ0v) is 16.5. The Morgan fingerprint density at radius 3 is 2.75 bits per heavy atom. The van der Waals surface area contributed by atoms with Crippen LogP contribution >= 0.6 is 35.6 Å². The third kappa shape index (κ3) is 3.79. The number of benzene rings is 1. The Morgan fingerprint density at radius 2 is 2.14 bits per heavy atom. The molecule has 0 aliphatic carbocycles. The van der Waals surface area contributed by atoms with Gasteiger partial charge in [-0.25, -0.2) is 4.79 Å². The number of carboxylic acid groups (broad SMARTS) is 1. The number of aliphatic carboxylic acids is 1. The summed E-state index contributed by atoms with van der Waals surface area (Å²) < 4.78 is 5.81. The molecule has 1 aromatic carbocycles. The number of furan rings is 1. The molecule has 1 aliphatic rings. The standard InChI is InChI=1S/C17H11ClN2O6S2/c1-8(16(22)23)19-15(21)14(28-17(19)27)7-10-3-5-13(26-10)11-4-2-9(20(24)25)6-12(11)18/h2-8H,1H3,(H,22,23)/b14-7-. The minimum Gasteiger partial charge on any atom is -0.480 e. The Kier molecular flexibility index (Phi) is 5.54. The lowest BCUT2D eigenvalue weighted by atomic mass is 10.1. The molecular formula is C17H11ClN2O6S2. The number of thiocarbonyl (C=S) groups is 1. The first-order valence-electron chi connectivity index (χ1n) is 7.73. The molecular weight excluding hydrogens is 428 g/mol. The molecule has 1 amide bonds. The molecule has 8 nitrogen and oxygen atoms in total. The van der Waals surface area contributed by atoms with Crippen molar-refractivity contribution >= 4 is 63.5 Å². The number of amides is 1. The molecule has 1 atom stereocenters. The van der Waals surface area contributed by atoms with Crippen LogP contribution in [0.3, 0.4) is 0 Å². The lowest BCUT2D eigenvalue weighted by molar-refractivity contribution is -0.384. The van der Waals surface area contributed by atoms with Crippen LogP contribution in [-0.2, 0) is 9.59 Å². The van der Waals surface area contributed by atoms with E-state index in [0.29, 0.717) is 17.1 Å². The van der Waals surface area contributed by atoms with E-state index < -0.39 is 22.8 Å². The second kappa shape index (κ2) is 7.74. The van der Waals surface area contributed by atoms with Crippen molar-refractivity contribution in [2.24, 2.45) is 0 Å². The number of rotatable bonds is 5. The first-order valence-corrected chi connectivity index (χ1v) is 9.33. The van der Waals surface area contributed by atoms with Gasteiger partial charge in [0.2, 0.25) is 0 Å². The predicted molar refractivity (Wildman–Crippen MR) is 108 cm³/mol. The summed E-state index contributed by atoms with van der Waals surface area (Å²) in [5.41, 5.74) is 0.315. The van der Waals surface area contributed by atoms with Gasteiger partial charge in [-0.3, -0.25) is 19.8 Å². The van der Waals surface area contributed by atoms with Gasteiger partial charge >= 0.3 is 5.97 Å². The molecule has 28 heavy (non-hydrogen) atoms. The summed E-state index contributed by atoms with van der Waals surface area (Å²) in [6.45, 7) is 1.37. The van der Waals surface area contributed by atoms with Gasteiger partial charge in [0.25, 0.3) is 11.6 Å². The van der Waals surface area contributed by atoms with E-state index in [4.69, 9.17) is 33.3 Å². The molecule has 1 aliphatic heterocycles. The SMILES string of the molecule is CC(C(=O)O)N1C(=O)/C(=C/c2ccc(-c3ccc([N+](=O)[O-])cc3Cl)o2)SC1=S. The van der Waals surface area contributed by atoms with E-state index in [1.54, 1.807) is 12.1 Å². The van der Waals surface area contributed by atoms with E-state index in [0.717, 1.165) is 16.7 Å². The molecule has 11 heteroatoms. The summed E-state index contributed by atoms with van der Waals surface area (Å²) >= 11 is 12.2. The lowest BCUT2D eigenvalue weighted by Crippen LogP contribution is -2.41. The predicted octanol–water partition coefficient (Wildman–Crippen LogP) is 4.18. The van der Waals surface area contributed by atoms with Gasteiger partial charge in [-0.1, -0.05) is 35.6 Å². The number of nitrogens with zero attached hydrogens (tertiary/aromatic N) is 2. The quantitative estimate of drug-likeness (QED) is 0.320. The maximum Gasteiger partial charge on any atom is 0.326 e. The molecule has 3 rings (SSSR count). The van der Waals surface area contributed by atoms with Crippen LogP contribution in [0.4, 0.5) is 5.69 Å². The minimum atomic E-state index is -1.16. The Morgan fingerprint density at radius 1 is 1.43 bits per heavy atom. The van der Waals surface area contributed by atoms with Crippen molar-refractivity contribution in [2.75, 3.05) is 0 Å². The van der Waals surface area contributed by atoms with Crippen LogP contribution in [0.1, 0.15) is 12.7 Å². The molecule has 144 valence electrons. The molecule has 2 heterocycles. The number of non-ortho nitro benzene ring substituents is 1. The minimum absolute atomic E-state index is 0.142. The topological polar surface area (TPSA) is 114 Å². The molecule has 1 aromatic heterocycles. The number of carbonyl (C=O) groups is 2. The fraction of sp³-hybridized carbons (Fsp3) is 0.118. The van der Waals surface area contributed by atoms with E-state index in [9.17, 15) is 19.7 Å². The highest BCUT2D eigenvalue weighted by atomic mass is 35.5. The second-order valence-corrected chi connectivity index (χ2v) is 7.77. The van der Waals surface area contributed by atoms with E-state index in [1.807, 2.05) is 0 Å². The van der Waals surface area contributed by atoms with Gasteiger partial charge in [0.15, 0.2) is 0 Å². The van der Waals surface area contributed by atoms with Crippen molar-refractivity contribution < 1.29 is 24.0 Å². The maximum absolute atomic E-state index is 12.5. The van der Waals surface area contributed by atoms with Crippen LogP contribution in [0.2, 0.25) is 5.02 Å². The number of carboxylic acids is 1. The van der Waals surface area contributed by atoms with Crippen LogP contribution in [-0.4, -0.2) is 37.2 Å². The van der Waals surface area contributed by atoms with Crippen LogP contribution in [0.15, 0.2) is 39.7 Å². The monoisotopic (exact) mass is 438 g/mol. The largest absolute Gasteiger partial charge is 0.480 e. The Bertz CT molecular complexity index is 1050. The normalized spacial score (nSPS) is 16.6. The first kappa shape index (κ1) is 20.1. The number of carbonyl (C=O) groups excluding carboxylic acids is 1. The van der Waals surface area contributed by atoms with E-state index in [1.165, 1.54) is 31.2 Å². The van der Waals surface area contributed by atoms with Gasteiger partial charge in [-0.2, -0.15) is 0 Å². The van der Waals surface area contributed by atoms with Crippen LogP contribution < -0.4 is 0 Å². The fourth-order valence-electron chi connectivity index (χ4n) is 2.45. The van der Waals surface area contributed by atoms with E-state index in [-0.39, 0.29) is 19.9 Å². The summed E-state index contributed by atoms with van der Waals surface area (Å²) in [6, 6.07) is 6.13. The second-order valence-electron chi connectivity index (χ2n) is 5.69. The van der Waals surface area contributed by atoms with Crippen molar-refractivity contribution in [2.45, 2.75) is 13.0 Å². The van der Waals surface area contributed by atoms with Gasteiger partial charge in [-0.15, -0.1) is 0 Å².